The molecule has 0 saturated carbocycles. The largest absolute Gasteiger partial charge is 0.395 e. The summed E-state index contributed by atoms with van der Waals surface area (Å²) in [5, 5.41) is 11.1. The zero-order chi connectivity index (χ0) is 17.1. The Hall–Kier alpha value is -2.84. The quantitative estimate of drug-likeness (QED) is 0.483. The van der Waals surface area contributed by atoms with Gasteiger partial charge in [-0.05, 0) is 28.8 Å². The monoisotopic (exact) mass is 342 g/mol. The van der Waals surface area contributed by atoms with Crippen LogP contribution in [0.15, 0.2) is 42.5 Å². The molecule has 3 aromatic rings. The van der Waals surface area contributed by atoms with Gasteiger partial charge in [-0.3, -0.25) is 4.79 Å². The number of nitrogen functional groups attached to an aromatic ring is 1. The van der Waals surface area contributed by atoms with Gasteiger partial charge in [0.2, 0.25) is 6.41 Å². The average molecular weight is 342 g/mol. The summed E-state index contributed by atoms with van der Waals surface area (Å²) in [7, 11) is 0. The highest BCUT2D eigenvalue weighted by Crippen LogP contribution is 2.29. The Kier molecular flexibility index (Phi) is 4.50. The van der Waals surface area contributed by atoms with Crippen molar-refractivity contribution in [2.24, 2.45) is 0 Å². The van der Waals surface area contributed by atoms with Crippen molar-refractivity contribution in [3.05, 3.63) is 48.0 Å². The van der Waals surface area contributed by atoms with Crippen LogP contribution >= 0.6 is 0 Å². The van der Waals surface area contributed by atoms with Crippen molar-refractivity contribution >= 4 is 39.9 Å². The van der Waals surface area contributed by atoms with Crippen LogP contribution in [0, 0.1) is 0 Å². The minimum absolute atomic E-state index is 0.104. The third kappa shape index (κ3) is 3.24. The van der Waals surface area contributed by atoms with E-state index in [2.05, 4.69) is 15.5 Å². The van der Waals surface area contributed by atoms with E-state index in [1.54, 1.807) is 0 Å². The molecule has 122 valence electrons. The number of nitrogens with two attached hydrogens (primary N) is 1. The summed E-state index contributed by atoms with van der Waals surface area (Å²) in [6, 6.07) is 12.9. The number of rotatable bonds is 5. The number of fused-ring (bicyclic) bond motifs is 1. The zero-order valence-electron chi connectivity index (χ0n) is 12.5. The van der Waals surface area contributed by atoms with Gasteiger partial charge >= 0.3 is 0 Å². The molecular weight excluding hydrogens is 328 g/mol. The number of hydrogen-bond acceptors (Lipinski definition) is 5. The summed E-state index contributed by atoms with van der Waals surface area (Å²) in [6.45, 7) is 0. The molecule has 2 aromatic carbocycles. The number of hydrogen-bond donors (Lipinski definition) is 3. The molecule has 0 bridgehead atoms. The van der Waals surface area contributed by atoms with Crippen LogP contribution in [0.2, 0.25) is 0 Å². The predicted molar refractivity (Wildman–Crippen MR) is 93.5 cm³/mol. The standard InChI is InChI=1S/C16H14N4O3S/c17-15-13-6-5-12(7-14(13)19-20-16(15)18-9-21)11-3-1-10(2-4-11)8-24(22)23/h1-7,9H,8H2,(H2,17,19)(H,22,23)(H,18,20,21). The van der Waals surface area contributed by atoms with Gasteiger partial charge in [0, 0.05) is 5.39 Å². The Bertz CT molecular complexity index is 929. The molecule has 0 fully saturated rings. The lowest BCUT2D eigenvalue weighted by Gasteiger charge is -2.08. The Morgan fingerprint density at radius 1 is 1.12 bits per heavy atom. The molecule has 1 aromatic heterocycles. The normalized spacial score (nSPS) is 12.0. The van der Waals surface area contributed by atoms with E-state index in [1.165, 1.54) is 0 Å². The van der Waals surface area contributed by atoms with E-state index in [9.17, 15) is 9.00 Å². The van der Waals surface area contributed by atoms with Crippen LogP contribution in [0.25, 0.3) is 22.0 Å². The zero-order valence-corrected chi connectivity index (χ0v) is 13.3. The molecule has 0 saturated heterocycles. The Morgan fingerprint density at radius 2 is 1.83 bits per heavy atom. The number of carbonyl (C=O) groups excluding carboxylic acids is 1. The molecule has 3 rings (SSSR count). The first-order valence-electron chi connectivity index (χ1n) is 7.01. The third-order valence-corrected chi connectivity index (χ3v) is 4.15. The Morgan fingerprint density at radius 3 is 2.50 bits per heavy atom. The highest BCUT2D eigenvalue weighted by Gasteiger charge is 2.09. The van der Waals surface area contributed by atoms with E-state index in [0.29, 0.717) is 23.0 Å². The number of carbonyl (C=O) groups is 1. The second-order valence-electron chi connectivity index (χ2n) is 5.12. The van der Waals surface area contributed by atoms with Crippen molar-refractivity contribution in [3.8, 4) is 11.1 Å². The fourth-order valence-electron chi connectivity index (χ4n) is 2.41. The van der Waals surface area contributed by atoms with E-state index < -0.39 is 11.1 Å². The lowest BCUT2D eigenvalue weighted by Crippen LogP contribution is -2.04. The van der Waals surface area contributed by atoms with Crippen LogP contribution < -0.4 is 11.1 Å². The molecule has 1 amide bonds. The minimum Gasteiger partial charge on any atom is -0.395 e. The van der Waals surface area contributed by atoms with E-state index in [1.807, 2.05) is 42.5 Å². The van der Waals surface area contributed by atoms with Gasteiger partial charge < -0.3 is 15.6 Å². The maximum atomic E-state index is 10.8. The second-order valence-corrected chi connectivity index (χ2v) is 6.05. The summed E-state index contributed by atoms with van der Waals surface area (Å²) in [4.78, 5) is 10.5. The maximum absolute atomic E-state index is 10.8. The van der Waals surface area contributed by atoms with Crippen LogP contribution in [0.4, 0.5) is 11.5 Å². The first-order valence-corrected chi connectivity index (χ1v) is 8.29. The van der Waals surface area contributed by atoms with Crippen molar-refractivity contribution < 1.29 is 13.6 Å². The van der Waals surface area contributed by atoms with Gasteiger partial charge in [-0.25, -0.2) is 4.21 Å². The van der Waals surface area contributed by atoms with Gasteiger partial charge in [-0.2, -0.15) is 0 Å². The number of benzene rings is 2. The second kappa shape index (κ2) is 6.73. The molecule has 4 N–H and O–H groups in total. The van der Waals surface area contributed by atoms with Gasteiger partial charge in [0.15, 0.2) is 16.9 Å². The molecule has 0 radical (unpaired) electrons. The predicted octanol–water partition coefficient (Wildman–Crippen LogP) is 2.17. The molecule has 8 heteroatoms. The van der Waals surface area contributed by atoms with Gasteiger partial charge in [0.25, 0.3) is 0 Å². The molecular formula is C16H14N4O3S. The SMILES string of the molecule is Nc1c(NC=O)nnc2cc(-c3ccc(CS(=O)O)cc3)ccc12. The number of anilines is 2. The van der Waals surface area contributed by atoms with Gasteiger partial charge in [0.05, 0.1) is 17.0 Å². The number of aromatic nitrogens is 2. The molecule has 24 heavy (non-hydrogen) atoms. The van der Waals surface area contributed by atoms with E-state index in [0.717, 1.165) is 16.7 Å². The van der Waals surface area contributed by atoms with Crippen LogP contribution in [0.5, 0.6) is 0 Å². The highest BCUT2D eigenvalue weighted by molar-refractivity contribution is 7.78. The Balaban J connectivity index is 1.97. The number of nitrogens with one attached hydrogen (secondary N) is 1. The molecule has 0 spiro atoms. The van der Waals surface area contributed by atoms with Crippen LogP contribution in [-0.2, 0) is 21.6 Å². The van der Waals surface area contributed by atoms with Crippen molar-refractivity contribution in [3.63, 3.8) is 0 Å². The summed E-state index contributed by atoms with van der Waals surface area (Å²) in [5.74, 6) is 0.332. The van der Waals surface area contributed by atoms with E-state index in [4.69, 9.17) is 10.3 Å². The van der Waals surface area contributed by atoms with E-state index in [-0.39, 0.29) is 11.6 Å². The molecule has 0 aliphatic carbocycles. The summed E-state index contributed by atoms with van der Waals surface area (Å²) in [5.41, 5.74) is 9.61. The summed E-state index contributed by atoms with van der Waals surface area (Å²) < 4.78 is 19.7. The van der Waals surface area contributed by atoms with Gasteiger partial charge in [0.1, 0.15) is 0 Å². The number of nitrogens with zero attached hydrogens (tertiary/aromatic N) is 2. The van der Waals surface area contributed by atoms with Crippen LogP contribution in [0.3, 0.4) is 0 Å². The molecule has 0 aliphatic rings. The fraction of sp³-hybridized carbons (Fsp3) is 0.0625. The molecule has 0 aliphatic heterocycles. The van der Waals surface area contributed by atoms with Crippen LogP contribution in [-0.4, -0.2) is 25.4 Å². The van der Waals surface area contributed by atoms with Gasteiger partial charge in [-0.15, -0.1) is 10.2 Å². The topological polar surface area (TPSA) is 118 Å². The lowest BCUT2D eigenvalue weighted by molar-refractivity contribution is -0.105. The van der Waals surface area contributed by atoms with Gasteiger partial charge in [-0.1, -0.05) is 30.3 Å². The highest BCUT2D eigenvalue weighted by atomic mass is 32.2. The average Bonchev–Trinajstić information content (AvgIpc) is 2.57. The first-order chi connectivity index (χ1) is 11.6. The van der Waals surface area contributed by atoms with Crippen LogP contribution in [0.1, 0.15) is 5.56 Å². The lowest BCUT2D eigenvalue weighted by atomic mass is 10.0. The maximum Gasteiger partial charge on any atom is 0.212 e. The smallest absolute Gasteiger partial charge is 0.212 e. The summed E-state index contributed by atoms with van der Waals surface area (Å²) >= 11 is -1.86. The molecule has 1 atom stereocenters. The van der Waals surface area contributed by atoms with Crippen molar-refractivity contribution in [1.82, 2.24) is 10.2 Å². The van der Waals surface area contributed by atoms with Crippen molar-refractivity contribution in [2.75, 3.05) is 11.1 Å². The van der Waals surface area contributed by atoms with E-state index >= 15 is 0 Å². The third-order valence-electron chi connectivity index (χ3n) is 3.57. The summed E-state index contributed by atoms with van der Waals surface area (Å²) in [6.07, 6.45) is 0.502. The van der Waals surface area contributed by atoms with Crippen molar-refractivity contribution in [2.45, 2.75) is 5.75 Å². The van der Waals surface area contributed by atoms with Crippen molar-refractivity contribution in [1.29, 1.82) is 0 Å². The molecule has 1 heterocycles. The first kappa shape index (κ1) is 16.0. The Labute approximate surface area is 140 Å². The molecule has 1 unspecified atom stereocenters. The minimum atomic E-state index is -1.86. The molecule has 7 nitrogen and oxygen atoms in total. The fourth-order valence-corrected chi connectivity index (χ4v) is 2.88. The number of amides is 1.